The normalized spacial score (nSPS) is 12.8. The third kappa shape index (κ3) is 21.8. The van der Waals surface area contributed by atoms with E-state index >= 15 is 0 Å². The van der Waals surface area contributed by atoms with Crippen LogP contribution in [0, 0.1) is 0 Å². The first-order valence-electron chi connectivity index (χ1n) is 9.59. The highest BCUT2D eigenvalue weighted by Crippen LogP contribution is 2.14. The van der Waals surface area contributed by atoms with Crippen molar-refractivity contribution in [3.8, 4) is 0 Å². The van der Waals surface area contributed by atoms with Crippen LogP contribution in [0.5, 0.6) is 0 Å². The molecular formula is C18H41NO4S. The van der Waals surface area contributed by atoms with E-state index < -0.39 is 16.2 Å². The second-order valence-electron chi connectivity index (χ2n) is 6.76. The summed E-state index contributed by atoms with van der Waals surface area (Å²) in [6.07, 6.45) is 16.7. The predicted octanol–water partition coefficient (Wildman–Crippen LogP) is 5.27. The molecule has 0 heterocycles. The Morgan fingerprint density at radius 3 is 1.50 bits per heavy atom. The van der Waals surface area contributed by atoms with Gasteiger partial charge in [-0.2, -0.15) is 8.42 Å². The van der Waals surface area contributed by atoms with Crippen LogP contribution in [-0.2, 0) is 10.1 Å². The lowest BCUT2D eigenvalue weighted by Crippen LogP contribution is -2.10. The molecule has 0 aromatic rings. The van der Waals surface area contributed by atoms with E-state index in [2.05, 4.69) is 6.92 Å². The highest BCUT2D eigenvalue weighted by Gasteiger charge is 2.08. The van der Waals surface area contributed by atoms with Crippen LogP contribution in [0.25, 0.3) is 0 Å². The fourth-order valence-corrected chi connectivity index (χ4v) is 3.40. The monoisotopic (exact) mass is 367 g/mol. The molecule has 0 aliphatic heterocycles. The molecule has 0 saturated heterocycles. The van der Waals surface area contributed by atoms with Crippen molar-refractivity contribution in [2.75, 3.05) is 5.75 Å². The van der Waals surface area contributed by atoms with Gasteiger partial charge in [0.15, 0.2) is 0 Å². The molecule has 24 heavy (non-hydrogen) atoms. The molecule has 0 spiro atoms. The quantitative estimate of drug-likeness (QED) is 0.240. The summed E-state index contributed by atoms with van der Waals surface area (Å²) in [6.45, 7) is 2.25. The number of hydrogen-bond acceptors (Lipinski definition) is 4. The van der Waals surface area contributed by atoms with E-state index in [1.165, 1.54) is 64.2 Å². The predicted molar refractivity (Wildman–Crippen MR) is 102 cm³/mol. The Balaban J connectivity index is 0. The van der Waals surface area contributed by atoms with Crippen LogP contribution in [-0.4, -0.2) is 29.9 Å². The van der Waals surface area contributed by atoms with Crippen molar-refractivity contribution < 1.29 is 18.1 Å². The molecule has 5 nitrogen and oxygen atoms in total. The van der Waals surface area contributed by atoms with Crippen LogP contribution in [0.3, 0.4) is 0 Å². The molecule has 0 fully saturated rings. The van der Waals surface area contributed by atoms with E-state index in [0.29, 0.717) is 12.8 Å². The molecule has 6 heteroatoms. The van der Waals surface area contributed by atoms with E-state index in [9.17, 15) is 13.5 Å². The third-order valence-corrected chi connectivity index (χ3v) is 5.14. The first-order valence-corrected chi connectivity index (χ1v) is 11.2. The average Bonchev–Trinajstić information content (AvgIpc) is 2.47. The molecule has 0 amide bonds. The second-order valence-corrected chi connectivity index (χ2v) is 8.33. The third-order valence-electron chi connectivity index (χ3n) is 4.33. The summed E-state index contributed by atoms with van der Waals surface area (Å²) >= 11 is 0. The largest absolute Gasteiger partial charge is 0.393 e. The topological polar surface area (TPSA) is 110 Å². The van der Waals surface area contributed by atoms with Crippen molar-refractivity contribution in [3.63, 3.8) is 0 Å². The molecule has 5 N–H and O–H groups in total. The van der Waals surface area contributed by atoms with Crippen molar-refractivity contribution in [2.45, 2.75) is 109 Å². The summed E-state index contributed by atoms with van der Waals surface area (Å²) in [4.78, 5) is 0. The van der Waals surface area contributed by atoms with Crippen molar-refractivity contribution in [1.82, 2.24) is 6.15 Å². The summed E-state index contributed by atoms with van der Waals surface area (Å²) < 4.78 is 29.7. The van der Waals surface area contributed by atoms with Crippen LogP contribution in [0.15, 0.2) is 0 Å². The molecule has 1 unspecified atom stereocenters. The average molecular weight is 368 g/mol. The Morgan fingerprint density at radius 1 is 0.708 bits per heavy atom. The Bertz CT molecular complexity index is 347. The number of hydrogen-bond donors (Lipinski definition) is 3. The van der Waals surface area contributed by atoms with E-state index in [1.54, 1.807) is 0 Å². The molecule has 0 rings (SSSR count). The van der Waals surface area contributed by atoms with Crippen LogP contribution in [0.1, 0.15) is 103 Å². The Labute approximate surface area is 150 Å². The molecule has 148 valence electrons. The van der Waals surface area contributed by atoms with Crippen molar-refractivity contribution in [3.05, 3.63) is 0 Å². The molecule has 0 radical (unpaired) electrons. The zero-order valence-electron chi connectivity index (χ0n) is 15.7. The van der Waals surface area contributed by atoms with Crippen molar-refractivity contribution in [2.24, 2.45) is 0 Å². The van der Waals surface area contributed by atoms with Crippen LogP contribution in [0.4, 0.5) is 0 Å². The maximum Gasteiger partial charge on any atom is 0.264 e. The molecule has 0 aliphatic carbocycles. The van der Waals surface area contributed by atoms with Gasteiger partial charge in [0.1, 0.15) is 0 Å². The zero-order chi connectivity index (χ0) is 17.4. The molecule has 0 aromatic heterocycles. The van der Waals surface area contributed by atoms with Gasteiger partial charge >= 0.3 is 0 Å². The lowest BCUT2D eigenvalue weighted by atomic mass is 10.0. The SMILES string of the molecule is CCCCCCCCCCCCCCC(O)CCCS(=O)(=O)O.N. The standard InChI is InChI=1S/C18H38O4S.H3N/c1-2-3-4-5-6-7-8-9-10-11-12-13-15-18(19)16-14-17-23(20,21)22;/h18-19H,2-17H2,1H3,(H,20,21,22);1H3. The molecule has 0 aromatic carbocycles. The fraction of sp³-hybridized carbons (Fsp3) is 1.00. The van der Waals surface area contributed by atoms with Gasteiger partial charge in [-0.25, -0.2) is 0 Å². The van der Waals surface area contributed by atoms with Gasteiger partial charge in [0.05, 0.1) is 11.9 Å². The lowest BCUT2D eigenvalue weighted by molar-refractivity contribution is 0.150. The minimum atomic E-state index is -3.88. The van der Waals surface area contributed by atoms with Crippen molar-refractivity contribution >= 4 is 10.1 Å². The molecule has 1 atom stereocenters. The van der Waals surface area contributed by atoms with Crippen molar-refractivity contribution in [1.29, 1.82) is 0 Å². The van der Waals surface area contributed by atoms with Gasteiger partial charge in [0.25, 0.3) is 10.1 Å². The summed E-state index contributed by atoms with van der Waals surface area (Å²) in [5, 5.41) is 9.73. The van der Waals surface area contributed by atoms with Gasteiger partial charge in [-0.15, -0.1) is 0 Å². The Hall–Kier alpha value is -0.170. The number of rotatable bonds is 17. The van der Waals surface area contributed by atoms with E-state index in [1.807, 2.05) is 0 Å². The first kappa shape index (κ1) is 26.1. The number of aliphatic hydroxyl groups excluding tert-OH is 1. The minimum Gasteiger partial charge on any atom is -0.393 e. The summed E-state index contributed by atoms with van der Waals surface area (Å²) in [5.41, 5.74) is 0. The lowest BCUT2D eigenvalue weighted by Gasteiger charge is -2.09. The fourth-order valence-electron chi connectivity index (χ4n) is 2.87. The van der Waals surface area contributed by atoms with E-state index in [4.69, 9.17) is 4.55 Å². The van der Waals surface area contributed by atoms with E-state index in [-0.39, 0.29) is 11.9 Å². The van der Waals surface area contributed by atoms with Gasteiger partial charge in [0.2, 0.25) is 0 Å². The van der Waals surface area contributed by atoms with Gasteiger partial charge in [-0.1, -0.05) is 84.0 Å². The maximum absolute atomic E-state index is 10.6. The smallest absolute Gasteiger partial charge is 0.264 e. The number of aliphatic hydroxyl groups is 1. The molecular weight excluding hydrogens is 326 g/mol. The van der Waals surface area contributed by atoms with Gasteiger partial charge in [-0.05, 0) is 19.3 Å². The molecule has 0 bridgehead atoms. The van der Waals surface area contributed by atoms with Crippen LogP contribution >= 0.6 is 0 Å². The number of unbranched alkanes of at least 4 members (excludes halogenated alkanes) is 11. The van der Waals surface area contributed by atoms with Gasteiger partial charge < -0.3 is 11.3 Å². The second kappa shape index (κ2) is 17.6. The molecule has 0 aliphatic rings. The minimum absolute atomic E-state index is 0. The van der Waals surface area contributed by atoms with Gasteiger partial charge in [-0.3, -0.25) is 4.55 Å². The summed E-state index contributed by atoms with van der Waals surface area (Å²) in [7, 11) is -3.88. The summed E-state index contributed by atoms with van der Waals surface area (Å²) in [6, 6.07) is 0. The van der Waals surface area contributed by atoms with Crippen LogP contribution in [0.2, 0.25) is 0 Å². The Kier molecular flexibility index (Phi) is 19.2. The van der Waals surface area contributed by atoms with Crippen LogP contribution < -0.4 is 6.15 Å². The van der Waals surface area contributed by atoms with E-state index in [0.717, 1.165) is 19.3 Å². The highest BCUT2D eigenvalue weighted by atomic mass is 32.2. The zero-order valence-corrected chi connectivity index (χ0v) is 16.5. The summed E-state index contributed by atoms with van der Waals surface area (Å²) in [5.74, 6) is -0.248. The van der Waals surface area contributed by atoms with Gasteiger partial charge in [0, 0.05) is 0 Å². The molecule has 0 saturated carbocycles. The highest BCUT2D eigenvalue weighted by molar-refractivity contribution is 7.85. The Morgan fingerprint density at radius 2 is 1.08 bits per heavy atom. The maximum atomic E-state index is 10.6. The first-order chi connectivity index (χ1) is 11.0.